The number of hydrogen-bond acceptors (Lipinski definition) is 2. The van der Waals surface area contributed by atoms with Gasteiger partial charge in [0.2, 0.25) is 0 Å². The molecule has 1 rings (SSSR count). The van der Waals surface area contributed by atoms with E-state index in [1.54, 1.807) is 0 Å². The van der Waals surface area contributed by atoms with E-state index in [4.69, 9.17) is 10.2 Å². The lowest BCUT2D eigenvalue weighted by Crippen LogP contribution is -2.03. The van der Waals surface area contributed by atoms with Gasteiger partial charge in [-0.1, -0.05) is 6.92 Å². The summed E-state index contributed by atoms with van der Waals surface area (Å²) in [6.45, 7) is 1.99. The molecule has 0 fully saturated rings. The van der Waals surface area contributed by atoms with Crippen LogP contribution in [0.25, 0.3) is 0 Å². The van der Waals surface area contributed by atoms with Crippen molar-refractivity contribution < 1.29 is 10.2 Å². The van der Waals surface area contributed by atoms with Crippen molar-refractivity contribution in [3.8, 4) is 0 Å². The standard InChI is InChI=1S/C7H12O2/c1-2-5-3-4-6(8)7(5)9/h6,8-9H,2-4H2,1H3. The number of aliphatic hydroxyl groups excluding tert-OH is 2. The minimum absolute atomic E-state index is 0.220. The molecule has 9 heavy (non-hydrogen) atoms. The van der Waals surface area contributed by atoms with E-state index in [-0.39, 0.29) is 5.76 Å². The van der Waals surface area contributed by atoms with Crippen molar-refractivity contribution in [3.63, 3.8) is 0 Å². The number of aliphatic hydroxyl groups is 2. The Morgan fingerprint density at radius 3 is 2.56 bits per heavy atom. The minimum Gasteiger partial charge on any atom is -0.510 e. The Bertz CT molecular complexity index is 138. The van der Waals surface area contributed by atoms with Crippen molar-refractivity contribution >= 4 is 0 Å². The third-order valence-corrected chi connectivity index (χ3v) is 1.82. The van der Waals surface area contributed by atoms with Crippen LogP contribution in [-0.4, -0.2) is 16.3 Å². The molecule has 0 aliphatic heterocycles. The molecule has 0 aromatic heterocycles. The molecule has 0 bridgehead atoms. The van der Waals surface area contributed by atoms with Gasteiger partial charge in [0.25, 0.3) is 0 Å². The van der Waals surface area contributed by atoms with E-state index in [9.17, 15) is 0 Å². The third kappa shape index (κ3) is 1.08. The maximum absolute atomic E-state index is 9.09. The van der Waals surface area contributed by atoms with Crippen LogP contribution < -0.4 is 0 Å². The molecule has 0 radical (unpaired) electrons. The summed E-state index contributed by atoms with van der Waals surface area (Å²) in [5.74, 6) is 0.220. The zero-order chi connectivity index (χ0) is 6.85. The van der Waals surface area contributed by atoms with Gasteiger partial charge in [0.1, 0.15) is 11.9 Å². The zero-order valence-corrected chi connectivity index (χ0v) is 5.59. The molecule has 1 atom stereocenters. The lowest BCUT2D eigenvalue weighted by atomic mass is 10.2. The molecular formula is C7H12O2. The second-order valence-electron chi connectivity index (χ2n) is 2.40. The second kappa shape index (κ2) is 2.40. The fraction of sp³-hybridized carbons (Fsp3) is 0.714. The van der Waals surface area contributed by atoms with Gasteiger partial charge >= 0.3 is 0 Å². The molecule has 0 aromatic carbocycles. The van der Waals surface area contributed by atoms with Gasteiger partial charge in [0.15, 0.2) is 0 Å². The maximum Gasteiger partial charge on any atom is 0.120 e. The van der Waals surface area contributed by atoms with Gasteiger partial charge in [-0.2, -0.15) is 0 Å². The Morgan fingerprint density at radius 2 is 2.33 bits per heavy atom. The van der Waals surface area contributed by atoms with Gasteiger partial charge in [-0.15, -0.1) is 0 Å². The Hall–Kier alpha value is -0.500. The van der Waals surface area contributed by atoms with Crippen LogP contribution in [0.5, 0.6) is 0 Å². The predicted octanol–water partition coefficient (Wildman–Crippen LogP) is 1.36. The maximum atomic E-state index is 9.09. The molecule has 0 aromatic rings. The molecular weight excluding hydrogens is 116 g/mol. The van der Waals surface area contributed by atoms with Gasteiger partial charge in [0.05, 0.1) is 0 Å². The van der Waals surface area contributed by atoms with Crippen LogP contribution in [0.4, 0.5) is 0 Å². The van der Waals surface area contributed by atoms with Crippen molar-refractivity contribution in [2.45, 2.75) is 32.3 Å². The van der Waals surface area contributed by atoms with E-state index in [1.807, 2.05) is 6.92 Å². The first kappa shape index (κ1) is 6.62. The zero-order valence-electron chi connectivity index (χ0n) is 5.59. The fourth-order valence-corrected chi connectivity index (χ4v) is 1.17. The van der Waals surface area contributed by atoms with Crippen molar-refractivity contribution in [3.05, 3.63) is 11.3 Å². The highest BCUT2D eigenvalue weighted by Crippen LogP contribution is 2.26. The van der Waals surface area contributed by atoms with Gasteiger partial charge in [0, 0.05) is 0 Å². The molecule has 1 aliphatic rings. The van der Waals surface area contributed by atoms with Crippen LogP contribution in [0, 0.1) is 0 Å². The summed E-state index contributed by atoms with van der Waals surface area (Å²) in [5, 5.41) is 18.1. The summed E-state index contributed by atoms with van der Waals surface area (Å²) in [5.41, 5.74) is 1.02. The highest BCUT2D eigenvalue weighted by molar-refractivity contribution is 5.16. The largest absolute Gasteiger partial charge is 0.510 e. The molecule has 2 N–H and O–H groups in total. The fourth-order valence-electron chi connectivity index (χ4n) is 1.17. The van der Waals surface area contributed by atoms with Gasteiger partial charge in [-0.3, -0.25) is 0 Å². The Morgan fingerprint density at radius 1 is 1.67 bits per heavy atom. The average molecular weight is 128 g/mol. The quantitative estimate of drug-likeness (QED) is 0.559. The molecule has 0 saturated heterocycles. The SMILES string of the molecule is CCC1=C(O)C(O)CC1. The first-order valence-corrected chi connectivity index (χ1v) is 3.34. The minimum atomic E-state index is -0.569. The average Bonchev–Trinajstić information content (AvgIpc) is 2.15. The molecule has 2 heteroatoms. The predicted molar refractivity (Wildman–Crippen MR) is 35.2 cm³/mol. The van der Waals surface area contributed by atoms with Crippen LogP contribution in [0.1, 0.15) is 26.2 Å². The summed E-state index contributed by atoms with van der Waals surface area (Å²) in [6.07, 6.45) is 1.86. The van der Waals surface area contributed by atoms with E-state index in [0.717, 1.165) is 18.4 Å². The smallest absolute Gasteiger partial charge is 0.120 e. The number of hydrogen-bond donors (Lipinski definition) is 2. The monoisotopic (exact) mass is 128 g/mol. The van der Waals surface area contributed by atoms with Crippen molar-refractivity contribution in [2.75, 3.05) is 0 Å². The highest BCUT2D eigenvalue weighted by atomic mass is 16.3. The molecule has 2 nitrogen and oxygen atoms in total. The van der Waals surface area contributed by atoms with Gasteiger partial charge in [-0.25, -0.2) is 0 Å². The number of allylic oxidation sites excluding steroid dienone is 1. The molecule has 0 saturated carbocycles. The van der Waals surface area contributed by atoms with Crippen molar-refractivity contribution in [2.24, 2.45) is 0 Å². The molecule has 0 heterocycles. The molecule has 0 amide bonds. The van der Waals surface area contributed by atoms with Crippen LogP contribution in [0.2, 0.25) is 0 Å². The molecule has 1 aliphatic carbocycles. The lowest BCUT2D eigenvalue weighted by molar-refractivity contribution is 0.158. The van der Waals surface area contributed by atoms with Crippen LogP contribution >= 0.6 is 0 Å². The van der Waals surface area contributed by atoms with E-state index < -0.39 is 6.10 Å². The first-order chi connectivity index (χ1) is 4.25. The topological polar surface area (TPSA) is 40.5 Å². The Balaban J connectivity index is 2.68. The van der Waals surface area contributed by atoms with Gasteiger partial charge < -0.3 is 10.2 Å². The first-order valence-electron chi connectivity index (χ1n) is 3.34. The molecule has 0 spiro atoms. The summed E-state index contributed by atoms with van der Waals surface area (Å²) < 4.78 is 0. The van der Waals surface area contributed by atoms with Crippen LogP contribution in [-0.2, 0) is 0 Å². The van der Waals surface area contributed by atoms with Crippen molar-refractivity contribution in [1.29, 1.82) is 0 Å². The van der Waals surface area contributed by atoms with Crippen LogP contribution in [0.15, 0.2) is 11.3 Å². The Labute approximate surface area is 54.8 Å². The summed E-state index contributed by atoms with van der Waals surface area (Å²) in [6, 6.07) is 0. The van der Waals surface area contributed by atoms with Gasteiger partial charge in [-0.05, 0) is 24.8 Å². The Kier molecular flexibility index (Phi) is 1.76. The molecule has 52 valence electrons. The third-order valence-electron chi connectivity index (χ3n) is 1.82. The lowest BCUT2D eigenvalue weighted by Gasteiger charge is -1.99. The van der Waals surface area contributed by atoms with E-state index >= 15 is 0 Å². The second-order valence-corrected chi connectivity index (χ2v) is 2.40. The summed E-state index contributed by atoms with van der Waals surface area (Å²) in [4.78, 5) is 0. The van der Waals surface area contributed by atoms with E-state index in [0.29, 0.717) is 6.42 Å². The molecule has 1 unspecified atom stereocenters. The van der Waals surface area contributed by atoms with Crippen LogP contribution in [0.3, 0.4) is 0 Å². The summed E-state index contributed by atoms with van der Waals surface area (Å²) >= 11 is 0. The highest BCUT2D eigenvalue weighted by Gasteiger charge is 2.20. The van der Waals surface area contributed by atoms with E-state index in [1.165, 1.54) is 0 Å². The summed E-state index contributed by atoms with van der Waals surface area (Å²) in [7, 11) is 0. The number of rotatable bonds is 1. The normalized spacial score (nSPS) is 27.6. The van der Waals surface area contributed by atoms with E-state index in [2.05, 4.69) is 0 Å². The van der Waals surface area contributed by atoms with Crippen molar-refractivity contribution in [1.82, 2.24) is 0 Å².